The highest BCUT2D eigenvalue weighted by molar-refractivity contribution is 5.73. The molecule has 1 saturated heterocycles. The van der Waals surface area contributed by atoms with E-state index in [1.165, 1.54) is 64.2 Å². The molecule has 0 aromatic heterocycles. The zero-order valence-corrected chi connectivity index (χ0v) is 35.9. The molecule has 11 heteroatoms. The highest BCUT2D eigenvalue weighted by Gasteiger charge is 2.26. The minimum atomic E-state index is -0.601. The molecule has 1 rings (SSSR count). The summed E-state index contributed by atoms with van der Waals surface area (Å²) in [5, 5.41) is 11.2. The van der Waals surface area contributed by atoms with Crippen LogP contribution in [0.1, 0.15) is 153 Å². The van der Waals surface area contributed by atoms with Crippen molar-refractivity contribution in [3.8, 4) is 0 Å². The van der Waals surface area contributed by atoms with E-state index < -0.39 is 22.9 Å². The number of esters is 3. The van der Waals surface area contributed by atoms with E-state index in [2.05, 4.69) is 21.6 Å². The summed E-state index contributed by atoms with van der Waals surface area (Å²) in [6, 6.07) is 0. The van der Waals surface area contributed by atoms with Gasteiger partial charge in [0.15, 0.2) is 0 Å². The van der Waals surface area contributed by atoms with E-state index >= 15 is 0 Å². The molecule has 312 valence electrons. The third-order valence-electron chi connectivity index (χ3n) is 9.11. The number of hydrogen-bond donors (Lipinski definition) is 1. The van der Waals surface area contributed by atoms with Gasteiger partial charge in [0.1, 0.15) is 16.8 Å². The van der Waals surface area contributed by atoms with Gasteiger partial charge in [0, 0.05) is 58.9 Å². The van der Waals surface area contributed by atoms with Crippen molar-refractivity contribution >= 4 is 17.9 Å². The summed E-state index contributed by atoms with van der Waals surface area (Å²) in [5.41, 5.74) is -1.78. The van der Waals surface area contributed by atoms with Gasteiger partial charge in [0.25, 0.3) is 0 Å². The maximum absolute atomic E-state index is 13.0. The molecule has 0 amide bonds. The Morgan fingerprint density at radius 3 is 1.02 bits per heavy atom. The monoisotopic (exact) mass is 755 g/mol. The first-order chi connectivity index (χ1) is 24.7. The number of carbonyl (C=O) groups excluding carboxylic acids is 3. The Labute approximate surface area is 324 Å². The molecule has 1 aliphatic rings. The van der Waals surface area contributed by atoms with Gasteiger partial charge in [0.05, 0.1) is 25.7 Å². The van der Waals surface area contributed by atoms with E-state index in [9.17, 15) is 19.5 Å². The van der Waals surface area contributed by atoms with E-state index in [-0.39, 0.29) is 37.5 Å². The van der Waals surface area contributed by atoms with Crippen molar-refractivity contribution in [2.45, 2.75) is 176 Å². The summed E-state index contributed by atoms with van der Waals surface area (Å²) in [6.07, 6.45) is 15.7. The van der Waals surface area contributed by atoms with Crippen LogP contribution in [-0.2, 0) is 28.6 Å². The van der Waals surface area contributed by atoms with Crippen molar-refractivity contribution in [1.29, 1.82) is 0 Å². The fourth-order valence-corrected chi connectivity index (χ4v) is 6.51. The van der Waals surface area contributed by atoms with Crippen LogP contribution in [0.4, 0.5) is 0 Å². The Morgan fingerprint density at radius 1 is 0.472 bits per heavy atom. The zero-order valence-electron chi connectivity index (χ0n) is 35.9. The molecule has 0 aliphatic carbocycles. The highest BCUT2D eigenvalue weighted by Crippen LogP contribution is 2.15. The number of nitrogens with zero attached hydrogens (tertiary/aromatic N) is 4. The van der Waals surface area contributed by atoms with Crippen molar-refractivity contribution in [2.24, 2.45) is 0 Å². The van der Waals surface area contributed by atoms with Gasteiger partial charge in [-0.1, -0.05) is 84.0 Å². The molecule has 53 heavy (non-hydrogen) atoms. The molecule has 0 aromatic carbocycles. The van der Waals surface area contributed by atoms with Gasteiger partial charge in [-0.25, -0.2) is 0 Å². The average Bonchev–Trinajstić information content (AvgIpc) is 3.00. The van der Waals surface area contributed by atoms with E-state index in [1.54, 1.807) is 0 Å². The molecule has 0 radical (unpaired) electrons. The molecular weight excluding hydrogens is 672 g/mol. The Bertz CT molecular complexity index is 959. The molecule has 0 spiro atoms. The third-order valence-corrected chi connectivity index (χ3v) is 9.11. The fraction of sp³-hybridized carbons (Fsp3) is 0.929. The van der Waals surface area contributed by atoms with Crippen LogP contribution in [0.15, 0.2) is 0 Å². The summed E-state index contributed by atoms with van der Waals surface area (Å²) in [4.78, 5) is 47.3. The van der Waals surface area contributed by atoms with Crippen molar-refractivity contribution < 1.29 is 33.7 Å². The van der Waals surface area contributed by atoms with Crippen molar-refractivity contribution in [3.63, 3.8) is 0 Å². The number of hydrogen-bond acceptors (Lipinski definition) is 11. The third kappa shape index (κ3) is 29.2. The number of ether oxygens (including phenoxy) is 3. The second kappa shape index (κ2) is 26.1. The molecule has 0 aromatic rings. The lowest BCUT2D eigenvalue weighted by Crippen LogP contribution is -2.50. The van der Waals surface area contributed by atoms with Crippen LogP contribution in [0.2, 0.25) is 0 Å². The van der Waals surface area contributed by atoms with Gasteiger partial charge in [-0.2, -0.15) is 0 Å². The zero-order chi connectivity index (χ0) is 39.9. The largest absolute Gasteiger partial charge is 0.459 e. The molecule has 11 nitrogen and oxygen atoms in total. The molecule has 1 unspecified atom stereocenters. The van der Waals surface area contributed by atoms with Crippen LogP contribution in [0.5, 0.6) is 0 Å². The Morgan fingerprint density at radius 2 is 0.736 bits per heavy atom. The van der Waals surface area contributed by atoms with Crippen LogP contribution >= 0.6 is 0 Å². The molecule has 1 fully saturated rings. The summed E-state index contributed by atoms with van der Waals surface area (Å²) < 4.78 is 17.0. The first kappa shape index (κ1) is 49.2. The van der Waals surface area contributed by atoms with Crippen LogP contribution in [0, 0.1) is 0 Å². The molecule has 1 heterocycles. The fourth-order valence-electron chi connectivity index (χ4n) is 6.51. The topological polar surface area (TPSA) is 112 Å². The van der Waals surface area contributed by atoms with Crippen molar-refractivity contribution in [2.75, 3.05) is 78.5 Å². The number of aliphatic hydroxyl groups excluding tert-OH is 1. The van der Waals surface area contributed by atoms with Gasteiger partial charge in [-0.3, -0.25) is 34.0 Å². The van der Waals surface area contributed by atoms with Gasteiger partial charge in [0.2, 0.25) is 0 Å². The SMILES string of the molecule is CCCCCCCCCCCCCCC(O)CN1CCN(CC(=O)OC(C)(C)C)CCN(CC(=O)OC(C)(C)C)CCN(CC(=O)OC(C)(C)C)CC1. The number of unbranched alkanes of at least 4 members (excludes halogenated alkanes) is 11. The lowest BCUT2D eigenvalue weighted by atomic mass is 10.0. The molecular formula is C42H82N4O7. The molecule has 1 aliphatic heterocycles. The molecule has 1 N–H and O–H groups in total. The number of β-amino-alcohol motifs (C(OH)–C–C–N with tert-alkyl or cyclic N) is 1. The van der Waals surface area contributed by atoms with Crippen LogP contribution in [0.3, 0.4) is 0 Å². The first-order valence-corrected chi connectivity index (χ1v) is 21.0. The van der Waals surface area contributed by atoms with Crippen molar-refractivity contribution in [1.82, 2.24) is 19.6 Å². The Balaban J connectivity index is 2.94. The Kier molecular flexibility index (Phi) is 24.3. The van der Waals surface area contributed by atoms with E-state index in [1.807, 2.05) is 67.2 Å². The van der Waals surface area contributed by atoms with Crippen LogP contribution < -0.4 is 0 Å². The normalized spacial score (nSPS) is 17.5. The standard InChI is InChI=1S/C42H82N4O7/c1-11-12-13-14-15-16-17-18-19-20-21-22-23-36(47)32-43-24-26-44(33-37(48)51-40(2,3)4)28-30-46(35-39(50)53-42(8,9)10)31-29-45(27-25-43)34-38(49)52-41(5,6)7/h36,47H,11-35H2,1-10H3. The predicted molar refractivity (Wildman–Crippen MR) is 215 cm³/mol. The van der Waals surface area contributed by atoms with Crippen LogP contribution in [0.25, 0.3) is 0 Å². The average molecular weight is 755 g/mol. The summed E-state index contributed by atoms with van der Waals surface area (Å²) in [6.45, 7) is 24.6. The number of rotatable bonds is 21. The summed E-state index contributed by atoms with van der Waals surface area (Å²) in [5.74, 6) is -0.883. The van der Waals surface area contributed by atoms with Gasteiger partial charge in [-0.05, 0) is 68.7 Å². The van der Waals surface area contributed by atoms with Gasteiger partial charge in [-0.15, -0.1) is 0 Å². The van der Waals surface area contributed by atoms with Gasteiger partial charge < -0.3 is 19.3 Å². The van der Waals surface area contributed by atoms with E-state index in [0.29, 0.717) is 58.9 Å². The van der Waals surface area contributed by atoms with E-state index in [0.717, 1.165) is 19.3 Å². The highest BCUT2D eigenvalue weighted by atomic mass is 16.6. The second-order valence-corrected chi connectivity index (χ2v) is 18.2. The number of carbonyl (C=O) groups is 3. The number of aliphatic hydroxyl groups is 1. The van der Waals surface area contributed by atoms with E-state index in [4.69, 9.17) is 14.2 Å². The second-order valence-electron chi connectivity index (χ2n) is 18.2. The van der Waals surface area contributed by atoms with Gasteiger partial charge >= 0.3 is 17.9 Å². The van der Waals surface area contributed by atoms with Crippen LogP contribution in [-0.4, -0.2) is 144 Å². The molecule has 1 atom stereocenters. The smallest absolute Gasteiger partial charge is 0.320 e. The quantitative estimate of drug-likeness (QED) is 0.0770. The molecule has 0 bridgehead atoms. The minimum Gasteiger partial charge on any atom is -0.459 e. The first-order valence-electron chi connectivity index (χ1n) is 21.0. The predicted octanol–water partition coefficient (Wildman–Crippen LogP) is 6.69. The maximum atomic E-state index is 13.0. The summed E-state index contributed by atoms with van der Waals surface area (Å²) in [7, 11) is 0. The molecule has 0 saturated carbocycles. The maximum Gasteiger partial charge on any atom is 0.320 e. The van der Waals surface area contributed by atoms with Crippen molar-refractivity contribution in [3.05, 3.63) is 0 Å². The summed E-state index contributed by atoms with van der Waals surface area (Å²) >= 11 is 0. The minimum absolute atomic E-state index is 0.106. The lowest BCUT2D eigenvalue weighted by molar-refractivity contribution is -0.158. The Hall–Kier alpha value is -1.79. The lowest BCUT2D eigenvalue weighted by Gasteiger charge is -2.35.